The van der Waals surface area contributed by atoms with Gasteiger partial charge in [-0.15, -0.1) is 11.3 Å². The standard InChI is InChI=1S/C28H28FN6O8PS/c1-5-40-25-12-32-26-18(6-14(2)7-21(26)34-25)27-35-20-8-19(29)22(9-23(20)45-27)42-15(3)16(4)43-28(36)33-17-10-30-24(31-11-17)13-41-44(37,38)39/h6-12,15-16H,5,13H2,1-4H3,(H,33,36)(H2,37,38,39)/t15-,16+/m0/s1. The Bertz CT molecular complexity index is 1900. The lowest BCUT2D eigenvalue weighted by Crippen LogP contribution is -2.32. The van der Waals surface area contributed by atoms with Crippen LogP contribution in [0.25, 0.3) is 31.8 Å². The summed E-state index contributed by atoms with van der Waals surface area (Å²) in [6, 6.07) is 6.72. The third-order valence-electron chi connectivity index (χ3n) is 6.31. The molecule has 5 aromatic rings. The van der Waals surface area contributed by atoms with Gasteiger partial charge in [0, 0.05) is 17.7 Å². The van der Waals surface area contributed by atoms with E-state index in [1.165, 1.54) is 29.8 Å². The van der Waals surface area contributed by atoms with Crippen molar-refractivity contribution in [3.8, 4) is 22.2 Å². The number of rotatable bonds is 11. The molecule has 0 aliphatic rings. The Morgan fingerprint density at radius 3 is 2.51 bits per heavy atom. The molecule has 3 aromatic heterocycles. The molecule has 14 nitrogen and oxygen atoms in total. The maximum Gasteiger partial charge on any atom is 0.470 e. The second kappa shape index (κ2) is 13.3. The van der Waals surface area contributed by atoms with Crippen LogP contribution in [-0.2, 0) is 20.4 Å². The first-order valence-corrected chi connectivity index (χ1v) is 15.9. The maximum atomic E-state index is 15.1. The molecule has 0 saturated carbocycles. The van der Waals surface area contributed by atoms with Crippen LogP contribution in [0.5, 0.6) is 11.6 Å². The van der Waals surface area contributed by atoms with Gasteiger partial charge in [-0.1, -0.05) is 0 Å². The predicted octanol–water partition coefficient (Wildman–Crippen LogP) is 5.56. The normalized spacial score (nSPS) is 13.0. The average Bonchev–Trinajstić information content (AvgIpc) is 3.38. The van der Waals surface area contributed by atoms with Crippen molar-refractivity contribution in [3.63, 3.8) is 0 Å². The Morgan fingerprint density at radius 1 is 1.04 bits per heavy atom. The molecule has 2 aromatic carbocycles. The number of fused-ring (bicyclic) bond motifs is 2. The van der Waals surface area contributed by atoms with E-state index < -0.39 is 38.5 Å². The van der Waals surface area contributed by atoms with Gasteiger partial charge in [-0.3, -0.25) is 9.84 Å². The SMILES string of the molecule is CCOc1cnc2c(-c3nc4cc(F)c(O[C@@H](C)[C@@H](C)OC(=O)Nc5cnc(COP(=O)(O)O)nc5)cc4s3)cc(C)cc2n1. The van der Waals surface area contributed by atoms with Crippen molar-refractivity contribution in [1.82, 2.24) is 24.9 Å². The molecule has 0 spiro atoms. The van der Waals surface area contributed by atoms with Crippen molar-refractivity contribution in [2.75, 3.05) is 11.9 Å². The van der Waals surface area contributed by atoms with Gasteiger partial charge >= 0.3 is 13.9 Å². The number of halogens is 1. The molecular formula is C28H28FN6O8PS. The highest BCUT2D eigenvalue weighted by Gasteiger charge is 2.22. The molecule has 0 fully saturated rings. The number of nitrogens with one attached hydrogen (secondary N) is 1. The quantitative estimate of drug-likeness (QED) is 0.150. The fourth-order valence-electron chi connectivity index (χ4n) is 4.11. The fraction of sp³-hybridized carbons (Fsp3) is 0.286. The Morgan fingerprint density at radius 2 is 1.80 bits per heavy atom. The van der Waals surface area contributed by atoms with E-state index >= 15 is 4.39 Å². The first-order valence-electron chi connectivity index (χ1n) is 13.5. The summed E-state index contributed by atoms with van der Waals surface area (Å²) >= 11 is 1.35. The van der Waals surface area contributed by atoms with E-state index in [4.69, 9.17) is 24.0 Å². The molecule has 236 valence electrons. The van der Waals surface area contributed by atoms with Crippen molar-refractivity contribution >= 4 is 52.2 Å². The number of phosphoric acid groups is 1. The number of carbonyl (C=O) groups is 1. The van der Waals surface area contributed by atoms with Gasteiger partial charge in [0.1, 0.15) is 23.8 Å². The molecule has 0 bridgehead atoms. The summed E-state index contributed by atoms with van der Waals surface area (Å²) in [6.45, 7) is 6.99. The van der Waals surface area contributed by atoms with Crippen LogP contribution in [0.2, 0.25) is 0 Å². The number of benzene rings is 2. The smallest absolute Gasteiger partial charge is 0.470 e. The van der Waals surface area contributed by atoms with Crippen molar-refractivity contribution in [3.05, 3.63) is 60.1 Å². The van der Waals surface area contributed by atoms with Gasteiger partial charge in [0.2, 0.25) is 5.88 Å². The van der Waals surface area contributed by atoms with Crippen molar-refractivity contribution in [1.29, 1.82) is 0 Å². The number of phosphoric ester groups is 1. The van der Waals surface area contributed by atoms with Gasteiger partial charge in [0.25, 0.3) is 0 Å². The van der Waals surface area contributed by atoms with Crippen LogP contribution >= 0.6 is 19.2 Å². The summed E-state index contributed by atoms with van der Waals surface area (Å²) in [5.74, 6) is -0.232. The van der Waals surface area contributed by atoms with E-state index in [0.717, 1.165) is 11.1 Å². The fourth-order valence-corrected chi connectivity index (χ4v) is 5.38. The van der Waals surface area contributed by atoms with E-state index in [1.807, 2.05) is 26.0 Å². The largest absolute Gasteiger partial charge is 0.484 e. The lowest BCUT2D eigenvalue weighted by molar-refractivity contribution is 0.0402. The minimum absolute atomic E-state index is 0.00306. The summed E-state index contributed by atoms with van der Waals surface area (Å²) in [7, 11) is -4.67. The van der Waals surface area contributed by atoms with Crippen LogP contribution in [0, 0.1) is 12.7 Å². The summed E-state index contributed by atoms with van der Waals surface area (Å²) in [4.78, 5) is 51.4. The molecule has 0 unspecified atom stereocenters. The van der Waals surface area contributed by atoms with E-state index in [-0.39, 0.29) is 17.3 Å². The summed E-state index contributed by atoms with van der Waals surface area (Å²) in [5, 5.41) is 3.08. The summed E-state index contributed by atoms with van der Waals surface area (Å²) in [5.41, 5.74) is 3.65. The van der Waals surface area contributed by atoms with Crippen LogP contribution < -0.4 is 14.8 Å². The zero-order valence-electron chi connectivity index (χ0n) is 24.4. The zero-order chi connectivity index (χ0) is 32.3. The number of carbonyl (C=O) groups excluding carboxylic acids is 1. The Kier molecular flexibility index (Phi) is 9.51. The number of ether oxygens (including phenoxy) is 3. The van der Waals surface area contributed by atoms with Gasteiger partial charge in [0.15, 0.2) is 17.4 Å². The highest BCUT2D eigenvalue weighted by molar-refractivity contribution is 7.46. The molecule has 1 amide bonds. The Balaban J connectivity index is 1.26. The number of amides is 1. The molecular weight excluding hydrogens is 630 g/mol. The zero-order valence-corrected chi connectivity index (χ0v) is 26.1. The number of anilines is 1. The minimum Gasteiger partial charge on any atom is -0.484 e. The topological polar surface area (TPSA) is 188 Å². The molecule has 45 heavy (non-hydrogen) atoms. The van der Waals surface area contributed by atoms with Crippen LogP contribution in [0.4, 0.5) is 14.9 Å². The lowest BCUT2D eigenvalue weighted by Gasteiger charge is -2.22. The van der Waals surface area contributed by atoms with Crippen LogP contribution in [0.15, 0.2) is 42.9 Å². The third kappa shape index (κ3) is 8.04. The van der Waals surface area contributed by atoms with Gasteiger partial charge in [-0.2, -0.15) is 0 Å². The van der Waals surface area contributed by atoms with Crippen LogP contribution in [0.1, 0.15) is 32.2 Å². The van der Waals surface area contributed by atoms with E-state index in [0.29, 0.717) is 38.7 Å². The Labute approximate surface area is 259 Å². The van der Waals surface area contributed by atoms with Gasteiger partial charge in [0.05, 0.1) is 52.1 Å². The molecule has 0 aliphatic carbocycles. The minimum atomic E-state index is -4.67. The molecule has 0 saturated heterocycles. The second-order valence-corrected chi connectivity index (χ2v) is 12.1. The monoisotopic (exact) mass is 658 g/mol. The van der Waals surface area contributed by atoms with Crippen LogP contribution in [-0.4, -0.2) is 59.6 Å². The van der Waals surface area contributed by atoms with E-state index in [2.05, 4.69) is 34.8 Å². The van der Waals surface area contributed by atoms with Gasteiger partial charge < -0.3 is 24.0 Å². The number of hydrogen-bond acceptors (Lipinski definition) is 12. The number of thiazole rings is 1. The number of nitrogens with zero attached hydrogens (tertiary/aromatic N) is 5. The van der Waals surface area contributed by atoms with E-state index in [9.17, 15) is 9.36 Å². The second-order valence-electron chi connectivity index (χ2n) is 9.80. The van der Waals surface area contributed by atoms with Crippen molar-refractivity contribution in [2.45, 2.75) is 46.5 Å². The van der Waals surface area contributed by atoms with E-state index in [1.54, 1.807) is 26.1 Å². The molecule has 3 heterocycles. The average molecular weight is 659 g/mol. The number of aryl methyl sites for hydroxylation is 1. The number of aromatic nitrogens is 5. The van der Waals surface area contributed by atoms with Crippen molar-refractivity contribution < 1.29 is 42.3 Å². The molecule has 3 N–H and O–H groups in total. The highest BCUT2D eigenvalue weighted by Crippen LogP contribution is 2.38. The molecule has 5 rings (SSSR count). The third-order valence-corrected chi connectivity index (χ3v) is 7.83. The molecule has 0 radical (unpaired) electrons. The maximum absolute atomic E-state index is 15.1. The predicted molar refractivity (Wildman–Crippen MR) is 163 cm³/mol. The molecule has 17 heteroatoms. The first-order chi connectivity index (χ1) is 21.4. The summed E-state index contributed by atoms with van der Waals surface area (Å²) in [6.07, 6.45) is 1.62. The van der Waals surface area contributed by atoms with Crippen molar-refractivity contribution in [2.24, 2.45) is 0 Å². The first kappa shape index (κ1) is 32.1. The van der Waals surface area contributed by atoms with Gasteiger partial charge in [-0.25, -0.2) is 38.7 Å². The van der Waals surface area contributed by atoms with Gasteiger partial charge in [-0.05, 0) is 45.4 Å². The summed E-state index contributed by atoms with van der Waals surface area (Å²) < 4.78 is 47.6. The lowest BCUT2D eigenvalue weighted by atomic mass is 10.1. The molecule has 2 atom stereocenters. The number of hydrogen-bond donors (Lipinski definition) is 3. The molecule has 0 aliphatic heterocycles. The Hall–Kier alpha value is -4.34. The van der Waals surface area contributed by atoms with Crippen LogP contribution in [0.3, 0.4) is 0 Å². The highest BCUT2D eigenvalue weighted by atomic mass is 32.1.